The molecule has 0 saturated heterocycles. The maximum Gasteiger partial charge on any atom is 0.241 e. The first-order valence-corrected chi connectivity index (χ1v) is 7.28. The van der Waals surface area contributed by atoms with Crippen molar-refractivity contribution in [3.8, 4) is 0 Å². The van der Waals surface area contributed by atoms with Gasteiger partial charge in [0.1, 0.15) is 5.82 Å². The van der Waals surface area contributed by atoms with Gasteiger partial charge in [-0.3, -0.25) is 10.5 Å². The molecule has 0 aliphatic heterocycles. The number of nitrogens with two attached hydrogens (primary N) is 1. The summed E-state index contributed by atoms with van der Waals surface area (Å²) < 4.78 is 0. The molecule has 0 spiro atoms. The van der Waals surface area contributed by atoms with Crippen LogP contribution in [0.4, 0.5) is 11.8 Å². The number of H-pyrrole nitrogens is 1. The Balaban J connectivity index is 2.03. The molecule has 2 aromatic rings. The van der Waals surface area contributed by atoms with Crippen LogP contribution in [0.25, 0.3) is 11.0 Å². The largest absolute Gasteiger partial charge is 0.353 e. The molecule has 0 atom stereocenters. The van der Waals surface area contributed by atoms with Crippen molar-refractivity contribution < 1.29 is 0 Å². The van der Waals surface area contributed by atoms with Crippen LogP contribution in [0.15, 0.2) is 6.20 Å². The Labute approximate surface area is 117 Å². The third-order valence-corrected chi connectivity index (χ3v) is 4.05. The number of nitrogens with one attached hydrogen (secondary N) is 2. The highest BCUT2D eigenvalue weighted by Gasteiger charge is 2.24. The first kappa shape index (κ1) is 13.1. The Bertz CT molecular complexity index is 573. The fourth-order valence-electron chi connectivity index (χ4n) is 3.08. The number of aromatic nitrogens is 4. The summed E-state index contributed by atoms with van der Waals surface area (Å²) in [6, 6.07) is 0.548. The van der Waals surface area contributed by atoms with Crippen molar-refractivity contribution in [1.82, 2.24) is 20.2 Å². The highest BCUT2D eigenvalue weighted by molar-refractivity contribution is 5.87. The van der Waals surface area contributed by atoms with E-state index in [0.717, 1.165) is 23.4 Å². The molecule has 108 valence electrons. The molecule has 7 heteroatoms. The van der Waals surface area contributed by atoms with Crippen LogP contribution in [-0.4, -0.2) is 32.8 Å². The quantitative estimate of drug-likeness (QED) is 0.581. The summed E-state index contributed by atoms with van der Waals surface area (Å²) in [5, 5.41) is 7.92. The average Bonchev–Trinajstić information content (AvgIpc) is 2.97. The normalized spacial score (nSPS) is 16.5. The number of hydrogen-bond donors (Lipinski definition) is 3. The zero-order valence-electron chi connectivity index (χ0n) is 11.8. The second-order valence-corrected chi connectivity index (χ2v) is 5.23. The van der Waals surface area contributed by atoms with E-state index in [0.29, 0.717) is 12.0 Å². The van der Waals surface area contributed by atoms with E-state index in [1.807, 2.05) is 0 Å². The van der Waals surface area contributed by atoms with Gasteiger partial charge in [0.2, 0.25) is 5.95 Å². The zero-order chi connectivity index (χ0) is 13.9. The van der Waals surface area contributed by atoms with Crippen LogP contribution in [-0.2, 0) is 0 Å². The minimum absolute atomic E-state index is 0.422. The molecule has 0 unspecified atom stereocenters. The van der Waals surface area contributed by atoms with Crippen LogP contribution in [0.2, 0.25) is 0 Å². The van der Waals surface area contributed by atoms with E-state index in [9.17, 15) is 0 Å². The molecule has 1 aliphatic rings. The van der Waals surface area contributed by atoms with Gasteiger partial charge in [0, 0.05) is 12.6 Å². The maximum atomic E-state index is 5.47. The van der Waals surface area contributed by atoms with Gasteiger partial charge in [0.15, 0.2) is 5.65 Å². The molecule has 2 heterocycles. The van der Waals surface area contributed by atoms with Crippen molar-refractivity contribution >= 4 is 22.8 Å². The molecular formula is C13H21N7. The summed E-state index contributed by atoms with van der Waals surface area (Å²) in [5.41, 5.74) is 3.25. The summed E-state index contributed by atoms with van der Waals surface area (Å²) in [5.74, 6) is 6.82. The predicted octanol–water partition coefficient (Wildman–Crippen LogP) is 1.80. The molecule has 0 aromatic carbocycles. The van der Waals surface area contributed by atoms with Crippen LogP contribution < -0.4 is 16.2 Å². The monoisotopic (exact) mass is 275 g/mol. The van der Waals surface area contributed by atoms with E-state index in [1.165, 1.54) is 32.1 Å². The van der Waals surface area contributed by atoms with E-state index < -0.39 is 0 Å². The molecular weight excluding hydrogens is 254 g/mol. The molecule has 3 rings (SSSR count). The standard InChI is InChI=1S/C13H21N7/c1-2-20(9-6-4-3-5-7-9)12-10-8-15-19-11(10)16-13(17-12)18-14/h8-9H,2-7,14H2,1H3,(H2,15,16,17,18,19). The summed E-state index contributed by atoms with van der Waals surface area (Å²) in [6.45, 7) is 3.09. The lowest BCUT2D eigenvalue weighted by Gasteiger charge is -2.34. The molecule has 1 fully saturated rings. The van der Waals surface area contributed by atoms with E-state index in [1.54, 1.807) is 6.20 Å². The van der Waals surface area contributed by atoms with Gasteiger partial charge in [0.05, 0.1) is 11.6 Å². The third-order valence-electron chi connectivity index (χ3n) is 4.05. The topological polar surface area (TPSA) is 95.8 Å². The number of rotatable bonds is 4. The lowest BCUT2D eigenvalue weighted by molar-refractivity contribution is 0.417. The fraction of sp³-hybridized carbons (Fsp3) is 0.615. The van der Waals surface area contributed by atoms with Gasteiger partial charge in [-0.15, -0.1) is 0 Å². The van der Waals surface area contributed by atoms with Crippen LogP contribution in [0, 0.1) is 0 Å². The molecule has 0 amide bonds. The van der Waals surface area contributed by atoms with Gasteiger partial charge < -0.3 is 4.90 Å². The molecule has 4 N–H and O–H groups in total. The minimum atomic E-state index is 0.422. The van der Waals surface area contributed by atoms with Gasteiger partial charge in [0.25, 0.3) is 0 Å². The molecule has 0 bridgehead atoms. The van der Waals surface area contributed by atoms with E-state index >= 15 is 0 Å². The summed E-state index contributed by atoms with van der Waals surface area (Å²) in [4.78, 5) is 11.2. The SMILES string of the molecule is CCN(c1nc(NN)nc2[nH]ncc12)C1CCCCC1. The Morgan fingerprint density at radius 1 is 1.35 bits per heavy atom. The number of nitrogens with zero attached hydrogens (tertiary/aromatic N) is 4. The van der Waals surface area contributed by atoms with Gasteiger partial charge in [-0.25, -0.2) is 5.84 Å². The number of aromatic amines is 1. The van der Waals surface area contributed by atoms with Crippen molar-refractivity contribution in [3.05, 3.63) is 6.20 Å². The first-order chi connectivity index (χ1) is 9.83. The highest BCUT2D eigenvalue weighted by atomic mass is 15.3. The molecule has 20 heavy (non-hydrogen) atoms. The zero-order valence-corrected chi connectivity index (χ0v) is 11.8. The third kappa shape index (κ3) is 2.29. The van der Waals surface area contributed by atoms with Crippen molar-refractivity contribution in [2.24, 2.45) is 5.84 Å². The molecule has 0 radical (unpaired) electrons. The summed E-state index contributed by atoms with van der Waals surface area (Å²) >= 11 is 0. The summed E-state index contributed by atoms with van der Waals surface area (Å²) in [7, 11) is 0. The maximum absolute atomic E-state index is 5.47. The molecule has 7 nitrogen and oxygen atoms in total. The fourth-order valence-corrected chi connectivity index (χ4v) is 3.08. The van der Waals surface area contributed by atoms with Gasteiger partial charge in [-0.05, 0) is 19.8 Å². The molecule has 2 aromatic heterocycles. The van der Waals surface area contributed by atoms with Crippen LogP contribution >= 0.6 is 0 Å². The number of hydrogen-bond acceptors (Lipinski definition) is 6. The number of hydrazine groups is 1. The van der Waals surface area contributed by atoms with Crippen molar-refractivity contribution in [3.63, 3.8) is 0 Å². The van der Waals surface area contributed by atoms with Crippen LogP contribution in [0.3, 0.4) is 0 Å². The van der Waals surface area contributed by atoms with Crippen molar-refractivity contribution in [2.75, 3.05) is 16.9 Å². The number of anilines is 2. The van der Waals surface area contributed by atoms with E-state index in [-0.39, 0.29) is 0 Å². The highest BCUT2D eigenvalue weighted by Crippen LogP contribution is 2.30. The number of nitrogen functional groups attached to an aromatic ring is 1. The number of fused-ring (bicyclic) bond motifs is 1. The predicted molar refractivity (Wildman–Crippen MR) is 79.4 cm³/mol. The average molecular weight is 275 g/mol. The lowest BCUT2D eigenvalue weighted by atomic mass is 9.94. The van der Waals surface area contributed by atoms with Gasteiger partial charge in [-0.1, -0.05) is 19.3 Å². The van der Waals surface area contributed by atoms with E-state index in [4.69, 9.17) is 5.84 Å². The summed E-state index contributed by atoms with van der Waals surface area (Å²) in [6.07, 6.45) is 8.17. The Morgan fingerprint density at radius 3 is 2.85 bits per heavy atom. The van der Waals surface area contributed by atoms with Crippen molar-refractivity contribution in [1.29, 1.82) is 0 Å². The Hall–Kier alpha value is -1.89. The molecule has 1 saturated carbocycles. The second kappa shape index (κ2) is 5.62. The van der Waals surface area contributed by atoms with Crippen LogP contribution in [0.1, 0.15) is 39.0 Å². The minimum Gasteiger partial charge on any atom is -0.353 e. The van der Waals surface area contributed by atoms with Gasteiger partial charge in [-0.2, -0.15) is 15.1 Å². The Morgan fingerprint density at radius 2 is 2.15 bits per heavy atom. The first-order valence-electron chi connectivity index (χ1n) is 7.28. The smallest absolute Gasteiger partial charge is 0.241 e. The van der Waals surface area contributed by atoms with Crippen LogP contribution in [0.5, 0.6) is 0 Å². The van der Waals surface area contributed by atoms with E-state index in [2.05, 4.69) is 37.4 Å². The second-order valence-electron chi connectivity index (χ2n) is 5.23. The lowest BCUT2D eigenvalue weighted by Crippen LogP contribution is -2.37. The molecule has 1 aliphatic carbocycles. The van der Waals surface area contributed by atoms with Gasteiger partial charge >= 0.3 is 0 Å². The van der Waals surface area contributed by atoms with Crippen molar-refractivity contribution in [2.45, 2.75) is 45.1 Å². The Kier molecular flexibility index (Phi) is 3.68.